The Bertz CT molecular complexity index is 362. The first kappa shape index (κ1) is 11.4. The van der Waals surface area contributed by atoms with Crippen LogP contribution in [0.5, 0.6) is 0 Å². The van der Waals surface area contributed by atoms with Crippen molar-refractivity contribution in [3.8, 4) is 0 Å². The van der Waals surface area contributed by atoms with Crippen molar-refractivity contribution in [1.82, 2.24) is 4.98 Å². The highest BCUT2D eigenvalue weighted by Gasteiger charge is 2.18. The normalized spacial score (nSPS) is 10.1. The van der Waals surface area contributed by atoms with Crippen molar-refractivity contribution >= 4 is 11.5 Å². The van der Waals surface area contributed by atoms with E-state index < -0.39 is 0 Å². The third-order valence-electron chi connectivity index (χ3n) is 2.25. The molecule has 0 amide bonds. The summed E-state index contributed by atoms with van der Waals surface area (Å²) in [6, 6.07) is 3.17. The Balaban J connectivity index is 3.22. The van der Waals surface area contributed by atoms with Crippen LogP contribution in [-0.4, -0.2) is 23.0 Å². The highest BCUT2D eigenvalue weighted by molar-refractivity contribution is 5.57. The van der Waals surface area contributed by atoms with Gasteiger partial charge in [-0.25, -0.2) is 4.98 Å². The van der Waals surface area contributed by atoms with E-state index in [0.717, 1.165) is 5.69 Å². The molecule has 82 valence electrons. The SMILES string of the molecule is CCN(CC)c1nc(C)ccc1[N+](=O)[O-]. The smallest absolute Gasteiger partial charge is 0.311 e. The van der Waals surface area contributed by atoms with Gasteiger partial charge in [0.25, 0.3) is 0 Å². The molecule has 5 nitrogen and oxygen atoms in total. The van der Waals surface area contributed by atoms with Gasteiger partial charge >= 0.3 is 5.69 Å². The average molecular weight is 209 g/mol. The molecule has 1 rings (SSSR count). The Morgan fingerprint density at radius 3 is 2.47 bits per heavy atom. The van der Waals surface area contributed by atoms with Gasteiger partial charge in [0, 0.05) is 24.8 Å². The van der Waals surface area contributed by atoms with E-state index in [0.29, 0.717) is 18.9 Å². The third-order valence-corrected chi connectivity index (χ3v) is 2.25. The van der Waals surface area contributed by atoms with Crippen LogP contribution in [0.25, 0.3) is 0 Å². The lowest BCUT2D eigenvalue weighted by atomic mass is 10.3. The maximum absolute atomic E-state index is 10.8. The number of pyridine rings is 1. The van der Waals surface area contributed by atoms with E-state index in [4.69, 9.17) is 0 Å². The molecule has 0 aromatic carbocycles. The molecular formula is C10H15N3O2. The summed E-state index contributed by atoms with van der Waals surface area (Å²) in [6.45, 7) is 7.17. The van der Waals surface area contributed by atoms with Crippen molar-refractivity contribution in [2.75, 3.05) is 18.0 Å². The van der Waals surface area contributed by atoms with Gasteiger partial charge in [-0.05, 0) is 26.8 Å². The maximum Gasteiger partial charge on any atom is 0.311 e. The Kier molecular flexibility index (Phi) is 3.60. The fourth-order valence-corrected chi connectivity index (χ4v) is 1.43. The average Bonchev–Trinajstić information content (AvgIpc) is 2.19. The Labute approximate surface area is 88.9 Å². The van der Waals surface area contributed by atoms with E-state index >= 15 is 0 Å². The van der Waals surface area contributed by atoms with Crippen LogP contribution >= 0.6 is 0 Å². The molecule has 0 N–H and O–H groups in total. The lowest BCUT2D eigenvalue weighted by molar-refractivity contribution is -0.384. The first-order chi connectivity index (χ1) is 7.10. The van der Waals surface area contributed by atoms with Gasteiger partial charge in [0.05, 0.1) is 4.92 Å². The fraction of sp³-hybridized carbons (Fsp3) is 0.500. The number of nitrogens with zero attached hydrogens (tertiary/aromatic N) is 3. The van der Waals surface area contributed by atoms with Crippen LogP contribution in [0.2, 0.25) is 0 Å². The predicted molar refractivity (Wildman–Crippen MR) is 59.2 cm³/mol. The topological polar surface area (TPSA) is 59.3 Å². The lowest BCUT2D eigenvalue weighted by Gasteiger charge is -2.19. The number of anilines is 1. The first-order valence-electron chi connectivity index (χ1n) is 4.97. The molecule has 0 radical (unpaired) electrons. The number of hydrogen-bond donors (Lipinski definition) is 0. The summed E-state index contributed by atoms with van der Waals surface area (Å²) in [5, 5.41) is 10.8. The van der Waals surface area contributed by atoms with Gasteiger partial charge in [0.15, 0.2) is 0 Å². The van der Waals surface area contributed by atoms with Gasteiger partial charge in [0.1, 0.15) is 0 Å². The van der Waals surface area contributed by atoms with Crippen LogP contribution in [0.1, 0.15) is 19.5 Å². The number of aromatic nitrogens is 1. The summed E-state index contributed by atoms with van der Waals surface area (Å²) >= 11 is 0. The second kappa shape index (κ2) is 4.72. The van der Waals surface area contributed by atoms with Crippen LogP contribution in [0.4, 0.5) is 11.5 Å². The summed E-state index contributed by atoms with van der Waals surface area (Å²) in [5.74, 6) is 0.463. The third kappa shape index (κ3) is 2.43. The lowest BCUT2D eigenvalue weighted by Crippen LogP contribution is -2.24. The number of rotatable bonds is 4. The van der Waals surface area contributed by atoms with Crippen molar-refractivity contribution in [3.05, 3.63) is 27.9 Å². The molecule has 0 atom stereocenters. The van der Waals surface area contributed by atoms with Crippen molar-refractivity contribution in [2.45, 2.75) is 20.8 Å². The minimum absolute atomic E-state index is 0.0734. The van der Waals surface area contributed by atoms with Crippen molar-refractivity contribution in [2.24, 2.45) is 0 Å². The van der Waals surface area contributed by atoms with Gasteiger partial charge in [-0.1, -0.05) is 0 Å². The van der Waals surface area contributed by atoms with E-state index in [9.17, 15) is 10.1 Å². The van der Waals surface area contributed by atoms with Crippen molar-refractivity contribution in [3.63, 3.8) is 0 Å². The number of hydrogen-bond acceptors (Lipinski definition) is 4. The molecule has 1 aromatic rings. The molecule has 0 fully saturated rings. The summed E-state index contributed by atoms with van der Waals surface area (Å²) < 4.78 is 0. The molecule has 0 aliphatic heterocycles. The molecule has 1 heterocycles. The fourth-order valence-electron chi connectivity index (χ4n) is 1.43. The molecule has 0 spiro atoms. The Morgan fingerprint density at radius 1 is 1.40 bits per heavy atom. The molecule has 0 unspecified atom stereocenters. The summed E-state index contributed by atoms with van der Waals surface area (Å²) in [7, 11) is 0. The largest absolute Gasteiger partial charge is 0.351 e. The van der Waals surface area contributed by atoms with E-state index in [1.54, 1.807) is 6.07 Å². The van der Waals surface area contributed by atoms with Crippen molar-refractivity contribution < 1.29 is 4.92 Å². The van der Waals surface area contributed by atoms with Gasteiger partial charge < -0.3 is 4.90 Å². The molecule has 0 saturated heterocycles. The molecule has 1 aromatic heterocycles. The number of nitro groups is 1. The molecule has 0 aliphatic carbocycles. The van der Waals surface area contributed by atoms with E-state index in [2.05, 4.69) is 4.98 Å². The van der Waals surface area contributed by atoms with Crippen LogP contribution < -0.4 is 4.90 Å². The molecule has 5 heteroatoms. The standard InChI is InChI=1S/C10H15N3O2/c1-4-12(5-2)10-9(13(14)15)7-6-8(3)11-10/h6-7H,4-5H2,1-3H3. The monoisotopic (exact) mass is 209 g/mol. The minimum Gasteiger partial charge on any atom is -0.351 e. The highest BCUT2D eigenvalue weighted by atomic mass is 16.6. The van der Waals surface area contributed by atoms with Crippen LogP contribution in [0.15, 0.2) is 12.1 Å². The molecule has 0 aliphatic rings. The molecule has 0 bridgehead atoms. The maximum atomic E-state index is 10.8. The summed E-state index contributed by atoms with van der Waals surface area (Å²) in [4.78, 5) is 16.5. The van der Waals surface area contributed by atoms with E-state index in [-0.39, 0.29) is 10.6 Å². The van der Waals surface area contributed by atoms with Gasteiger partial charge in [-0.2, -0.15) is 0 Å². The molecular weight excluding hydrogens is 194 g/mol. The zero-order valence-corrected chi connectivity index (χ0v) is 9.23. The van der Waals surface area contributed by atoms with Crippen molar-refractivity contribution in [1.29, 1.82) is 0 Å². The minimum atomic E-state index is -0.389. The van der Waals surface area contributed by atoms with Crippen LogP contribution in [0, 0.1) is 17.0 Å². The second-order valence-corrected chi connectivity index (χ2v) is 3.22. The Morgan fingerprint density at radius 2 is 2.00 bits per heavy atom. The van der Waals surface area contributed by atoms with Crippen LogP contribution in [0.3, 0.4) is 0 Å². The van der Waals surface area contributed by atoms with E-state index in [1.807, 2.05) is 25.7 Å². The number of aryl methyl sites for hydroxylation is 1. The van der Waals surface area contributed by atoms with Crippen LogP contribution in [-0.2, 0) is 0 Å². The summed E-state index contributed by atoms with van der Waals surface area (Å²) in [5.41, 5.74) is 0.867. The zero-order valence-electron chi connectivity index (χ0n) is 9.23. The quantitative estimate of drug-likeness (QED) is 0.563. The van der Waals surface area contributed by atoms with Gasteiger partial charge in [-0.15, -0.1) is 0 Å². The van der Waals surface area contributed by atoms with Gasteiger partial charge in [0.2, 0.25) is 5.82 Å². The molecule has 0 saturated carbocycles. The predicted octanol–water partition coefficient (Wildman–Crippen LogP) is 2.14. The zero-order chi connectivity index (χ0) is 11.4. The first-order valence-corrected chi connectivity index (χ1v) is 4.97. The summed E-state index contributed by atoms with van der Waals surface area (Å²) in [6.07, 6.45) is 0. The molecule has 15 heavy (non-hydrogen) atoms. The highest BCUT2D eigenvalue weighted by Crippen LogP contribution is 2.25. The van der Waals surface area contributed by atoms with E-state index in [1.165, 1.54) is 6.07 Å². The Hall–Kier alpha value is -1.65. The van der Waals surface area contributed by atoms with Gasteiger partial charge in [-0.3, -0.25) is 10.1 Å². The second-order valence-electron chi connectivity index (χ2n) is 3.22.